The average molecular weight is 241 g/mol. The molecule has 2 aromatic rings. The third kappa shape index (κ3) is 2.13. The van der Waals surface area contributed by atoms with E-state index in [4.69, 9.17) is 0 Å². The second-order valence-corrected chi connectivity index (χ2v) is 4.93. The van der Waals surface area contributed by atoms with Crippen LogP contribution in [0.1, 0.15) is 36.9 Å². The van der Waals surface area contributed by atoms with Crippen LogP contribution in [0.5, 0.6) is 0 Å². The van der Waals surface area contributed by atoms with Crippen molar-refractivity contribution in [3.63, 3.8) is 0 Å². The van der Waals surface area contributed by atoms with Crippen LogP contribution in [0.4, 0.5) is 5.69 Å². The Bertz CT molecular complexity index is 530. The minimum absolute atomic E-state index is 0.408. The molecule has 0 aliphatic carbocycles. The van der Waals surface area contributed by atoms with Crippen molar-refractivity contribution in [2.24, 2.45) is 0 Å². The van der Waals surface area contributed by atoms with Gasteiger partial charge in [-0.1, -0.05) is 25.1 Å². The number of rotatable bonds is 3. The minimum Gasteiger partial charge on any atom is -0.378 e. The Morgan fingerprint density at radius 3 is 3.17 bits per heavy atom. The van der Waals surface area contributed by atoms with E-state index in [1.807, 2.05) is 10.9 Å². The first-order valence-electron chi connectivity index (χ1n) is 6.73. The summed E-state index contributed by atoms with van der Waals surface area (Å²) in [6.45, 7) is 3.18. The lowest BCUT2D eigenvalue weighted by Crippen LogP contribution is -2.17. The van der Waals surface area contributed by atoms with Gasteiger partial charge in [-0.3, -0.25) is 4.68 Å². The molecule has 2 heterocycles. The van der Waals surface area contributed by atoms with Gasteiger partial charge in [0.25, 0.3) is 0 Å². The Kier molecular flexibility index (Phi) is 3.05. The molecule has 1 N–H and O–H groups in total. The Hall–Kier alpha value is -1.77. The fourth-order valence-corrected chi connectivity index (χ4v) is 2.60. The molecule has 1 aromatic heterocycles. The molecule has 0 saturated carbocycles. The van der Waals surface area contributed by atoms with E-state index >= 15 is 0 Å². The van der Waals surface area contributed by atoms with Crippen molar-refractivity contribution >= 4 is 5.69 Å². The largest absolute Gasteiger partial charge is 0.378 e. The first-order valence-corrected chi connectivity index (χ1v) is 6.73. The number of aromatic nitrogens is 2. The molecular formula is C15H19N3. The van der Waals surface area contributed by atoms with E-state index in [0.29, 0.717) is 6.04 Å². The molecule has 1 atom stereocenters. The lowest BCUT2D eigenvalue weighted by molar-refractivity contribution is 0.600. The molecule has 94 valence electrons. The van der Waals surface area contributed by atoms with Crippen molar-refractivity contribution in [1.29, 1.82) is 0 Å². The van der Waals surface area contributed by atoms with Crippen LogP contribution in [0.3, 0.4) is 0 Å². The maximum Gasteiger partial charge on any atom is 0.0548 e. The van der Waals surface area contributed by atoms with E-state index in [9.17, 15) is 0 Å². The Morgan fingerprint density at radius 1 is 1.39 bits per heavy atom. The molecule has 3 nitrogen and oxygen atoms in total. The van der Waals surface area contributed by atoms with Gasteiger partial charge in [-0.15, -0.1) is 0 Å². The van der Waals surface area contributed by atoms with E-state index in [0.717, 1.165) is 25.8 Å². The highest BCUT2D eigenvalue weighted by Crippen LogP contribution is 2.31. The zero-order valence-corrected chi connectivity index (χ0v) is 10.8. The van der Waals surface area contributed by atoms with Crippen LogP contribution in [0.15, 0.2) is 36.7 Å². The molecule has 1 aromatic carbocycles. The van der Waals surface area contributed by atoms with Gasteiger partial charge in [0, 0.05) is 24.0 Å². The molecule has 3 rings (SSSR count). The molecule has 0 fully saturated rings. The van der Waals surface area contributed by atoms with E-state index in [1.165, 1.54) is 16.8 Å². The van der Waals surface area contributed by atoms with E-state index in [2.05, 4.69) is 47.8 Å². The lowest BCUT2D eigenvalue weighted by Gasteiger charge is -2.26. The SMILES string of the molecule is CCCn1cc(C2CCc3ccccc3N2)cn1. The second-order valence-electron chi connectivity index (χ2n) is 4.93. The molecule has 1 aliphatic rings. The van der Waals surface area contributed by atoms with Crippen LogP contribution in [0.2, 0.25) is 0 Å². The Morgan fingerprint density at radius 2 is 2.28 bits per heavy atom. The second kappa shape index (κ2) is 4.84. The fourth-order valence-electron chi connectivity index (χ4n) is 2.60. The minimum atomic E-state index is 0.408. The number of hydrogen-bond acceptors (Lipinski definition) is 2. The van der Waals surface area contributed by atoms with Crippen molar-refractivity contribution in [3.05, 3.63) is 47.8 Å². The molecule has 0 spiro atoms. The number of anilines is 1. The summed E-state index contributed by atoms with van der Waals surface area (Å²) in [5.41, 5.74) is 4.00. The molecule has 3 heteroatoms. The first-order chi connectivity index (χ1) is 8.86. The smallest absolute Gasteiger partial charge is 0.0548 e. The van der Waals surface area contributed by atoms with Gasteiger partial charge in [-0.25, -0.2) is 0 Å². The Balaban J connectivity index is 1.78. The molecule has 1 aliphatic heterocycles. The molecule has 18 heavy (non-hydrogen) atoms. The zero-order valence-electron chi connectivity index (χ0n) is 10.8. The highest BCUT2D eigenvalue weighted by atomic mass is 15.3. The average Bonchev–Trinajstić information content (AvgIpc) is 2.87. The third-order valence-electron chi connectivity index (χ3n) is 3.56. The fraction of sp³-hybridized carbons (Fsp3) is 0.400. The number of hydrogen-bond donors (Lipinski definition) is 1. The number of aryl methyl sites for hydroxylation is 2. The van der Waals surface area contributed by atoms with Gasteiger partial charge in [-0.05, 0) is 30.9 Å². The van der Waals surface area contributed by atoms with E-state index in [-0.39, 0.29) is 0 Å². The highest BCUT2D eigenvalue weighted by molar-refractivity contribution is 5.54. The van der Waals surface area contributed by atoms with E-state index in [1.54, 1.807) is 0 Å². The van der Waals surface area contributed by atoms with Crippen molar-refractivity contribution < 1.29 is 0 Å². The summed E-state index contributed by atoms with van der Waals surface area (Å²) in [5, 5.41) is 8.03. The normalized spacial score (nSPS) is 18.2. The predicted molar refractivity (Wildman–Crippen MR) is 73.6 cm³/mol. The van der Waals surface area contributed by atoms with Crippen molar-refractivity contribution in [1.82, 2.24) is 9.78 Å². The molecular weight excluding hydrogens is 222 g/mol. The van der Waals surface area contributed by atoms with Crippen LogP contribution in [0, 0.1) is 0 Å². The Labute approximate surface area is 108 Å². The number of benzene rings is 1. The van der Waals surface area contributed by atoms with Gasteiger partial charge in [0.2, 0.25) is 0 Å². The quantitative estimate of drug-likeness (QED) is 0.892. The lowest BCUT2D eigenvalue weighted by atomic mass is 9.95. The summed E-state index contributed by atoms with van der Waals surface area (Å²) in [4.78, 5) is 0. The standard InChI is InChI=1S/C15H19N3/c1-2-9-18-11-13(10-16-18)15-8-7-12-5-3-4-6-14(12)17-15/h3-6,10-11,15,17H,2,7-9H2,1H3. The van der Waals surface area contributed by atoms with Crippen molar-refractivity contribution in [3.8, 4) is 0 Å². The number of para-hydroxylation sites is 1. The van der Waals surface area contributed by atoms with Crippen molar-refractivity contribution in [2.75, 3.05) is 5.32 Å². The van der Waals surface area contributed by atoms with Gasteiger partial charge < -0.3 is 5.32 Å². The summed E-state index contributed by atoms with van der Waals surface area (Å²) < 4.78 is 2.04. The topological polar surface area (TPSA) is 29.9 Å². The van der Waals surface area contributed by atoms with Crippen LogP contribution in [-0.4, -0.2) is 9.78 Å². The molecule has 0 saturated heterocycles. The van der Waals surface area contributed by atoms with Gasteiger partial charge in [0.05, 0.1) is 12.2 Å². The highest BCUT2D eigenvalue weighted by Gasteiger charge is 2.19. The van der Waals surface area contributed by atoms with Crippen LogP contribution in [-0.2, 0) is 13.0 Å². The predicted octanol–water partition coefficient (Wildman–Crippen LogP) is 3.39. The summed E-state index contributed by atoms with van der Waals surface area (Å²) in [7, 11) is 0. The third-order valence-corrected chi connectivity index (χ3v) is 3.56. The maximum absolute atomic E-state index is 4.41. The summed E-state index contributed by atoms with van der Waals surface area (Å²) >= 11 is 0. The zero-order chi connectivity index (χ0) is 12.4. The maximum atomic E-state index is 4.41. The monoisotopic (exact) mass is 241 g/mol. The van der Waals surface area contributed by atoms with Crippen LogP contribution >= 0.6 is 0 Å². The van der Waals surface area contributed by atoms with Gasteiger partial charge in [0.1, 0.15) is 0 Å². The van der Waals surface area contributed by atoms with Gasteiger partial charge >= 0.3 is 0 Å². The van der Waals surface area contributed by atoms with Crippen LogP contribution in [0.25, 0.3) is 0 Å². The van der Waals surface area contributed by atoms with Gasteiger partial charge in [-0.2, -0.15) is 5.10 Å². The first kappa shape index (κ1) is 11.3. The molecule has 0 amide bonds. The number of nitrogens with zero attached hydrogens (tertiary/aromatic N) is 2. The summed E-state index contributed by atoms with van der Waals surface area (Å²) in [6.07, 6.45) is 7.60. The number of nitrogens with one attached hydrogen (secondary N) is 1. The number of fused-ring (bicyclic) bond motifs is 1. The molecule has 0 bridgehead atoms. The van der Waals surface area contributed by atoms with Crippen molar-refractivity contribution in [2.45, 2.75) is 38.8 Å². The van der Waals surface area contributed by atoms with E-state index < -0.39 is 0 Å². The summed E-state index contributed by atoms with van der Waals surface area (Å²) in [5.74, 6) is 0. The van der Waals surface area contributed by atoms with Crippen LogP contribution < -0.4 is 5.32 Å². The van der Waals surface area contributed by atoms with Gasteiger partial charge in [0.15, 0.2) is 0 Å². The molecule has 0 radical (unpaired) electrons. The molecule has 1 unspecified atom stereocenters. The summed E-state index contributed by atoms with van der Waals surface area (Å²) in [6, 6.07) is 8.98.